The monoisotopic (exact) mass is 323 g/mol. The number of carbonyl (C=O) groups excluding carboxylic acids is 1. The van der Waals surface area contributed by atoms with E-state index >= 15 is 0 Å². The van der Waals surface area contributed by atoms with Gasteiger partial charge in [-0.1, -0.05) is 30.7 Å². The van der Waals surface area contributed by atoms with Gasteiger partial charge in [-0.2, -0.15) is 0 Å². The summed E-state index contributed by atoms with van der Waals surface area (Å²) in [7, 11) is 4.00. The third-order valence-corrected chi connectivity index (χ3v) is 4.57. The molecule has 0 aromatic heterocycles. The molecule has 1 unspecified atom stereocenters. The Morgan fingerprint density at radius 2 is 1.79 bits per heavy atom. The lowest BCUT2D eigenvalue weighted by molar-refractivity contribution is 0.248. The van der Waals surface area contributed by atoms with Crippen LogP contribution in [0.2, 0.25) is 0 Å². The molecule has 2 N–H and O–H groups in total. The second-order valence-corrected chi connectivity index (χ2v) is 6.54. The summed E-state index contributed by atoms with van der Waals surface area (Å²) < 4.78 is 0. The maximum atomic E-state index is 12.4. The van der Waals surface area contributed by atoms with Gasteiger partial charge in [-0.25, -0.2) is 4.79 Å². The SMILES string of the molecule is CN(C)c1ccc(NC(=O)NC2CCCCc3ccccc32)cc1. The standard InChI is InChI=1S/C20H25N3O/c1-23(2)17-13-11-16(12-14-17)21-20(24)22-19-10-6-4-8-15-7-3-5-9-18(15)19/h3,5,7,9,11-14,19H,4,6,8,10H2,1-2H3,(H2,21,22,24). The van der Waals surface area contributed by atoms with Crippen LogP contribution in [0.25, 0.3) is 0 Å². The number of hydrogen-bond acceptors (Lipinski definition) is 2. The van der Waals surface area contributed by atoms with Crippen molar-refractivity contribution in [3.05, 3.63) is 59.7 Å². The Hall–Kier alpha value is -2.49. The molecule has 126 valence electrons. The fourth-order valence-electron chi connectivity index (χ4n) is 3.24. The number of benzene rings is 2. The predicted octanol–water partition coefficient (Wildman–Crippen LogP) is 4.34. The van der Waals surface area contributed by atoms with Crippen LogP contribution in [-0.2, 0) is 6.42 Å². The first-order valence-electron chi connectivity index (χ1n) is 8.56. The topological polar surface area (TPSA) is 44.4 Å². The number of amides is 2. The van der Waals surface area contributed by atoms with E-state index in [1.165, 1.54) is 17.5 Å². The first-order valence-corrected chi connectivity index (χ1v) is 8.56. The fourth-order valence-corrected chi connectivity index (χ4v) is 3.24. The molecule has 0 saturated carbocycles. The second kappa shape index (κ2) is 7.39. The third-order valence-electron chi connectivity index (χ3n) is 4.57. The molecule has 0 spiro atoms. The molecular weight excluding hydrogens is 298 g/mol. The fraction of sp³-hybridized carbons (Fsp3) is 0.350. The van der Waals surface area contributed by atoms with Crippen LogP contribution in [0.15, 0.2) is 48.5 Å². The van der Waals surface area contributed by atoms with Gasteiger partial charge in [0.05, 0.1) is 6.04 Å². The van der Waals surface area contributed by atoms with Gasteiger partial charge in [-0.15, -0.1) is 0 Å². The van der Waals surface area contributed by atoms with Gasteiger partial charge < -0.3 is 15.5 Å². The zero-order valence-corrected chi connectivity index (χ0v) is 14.4. The summed E-state index contributed by atoms with van der Waals surface area (Å²) in [6, 6.07) is 16.2. The quantitative estimate of drug-likeness (QED) is 0.825. The van der Waals surface area contributed by atoms with Gasteiger partial charge in [-0.05, 0) is 54.7 Å². The molecule has 2 amide bonds. The van der Waals surface area contributed by atoms with E-state index < -0.39 is 0 Å². The van der Waals surface area contributed by atoms with Crippen LogP contribution in [0.4, 0.5) is 16.2 Å². The molecule has 0 saturated heterocycles. The number of carbonyl (C=O) groups is 1. The minimum Gasteiger partial charge on any atom is -0.378 e. The number of hydrogen-bond donors (Lipinski definition) is 2. The molecule has 0 radical (unpaired) electrons. The van der Waals surface area contributed by atoms with Crippen molar-refractivity contribution in [3.63, 3.8) is 0 Å². The largest absolute Gasteiger partial charge is 0.378 e. The Morgan fingerprint density at radius 1 is 1.04 bits per heavy atom. The summed E-state index contributed by atoms with van der Waals surface area (Å²) in [5, 5.41) is 6.08. The first kappa shape index (κ1) is 16.4. The summed E-state index contributed by atoms with van der Waals surface area (Å²) in [5.41, 5.74) is 4.53. The lowest BCUT2D eigenvalue weighted by Gasteiger charge is -2.20. The number of aryl methyl sites for hydroxylation is 1. The van der Waals surface area contributed by atoms with E-state index in [0.29, 0.717) is 0 Å². The average molecular weight is 323 g/mol. The maximum absolute atomic E-state index is 12.4. The minimum atomic E-state index is -0.144. The summed E-state index contributed by atoms with van der Waals surface area (Å²) in [4.78, 5) is 14.4. The predicted molar refractivity (Wildman–Crippen MR) is 99.7 cm³/mol. The molecule has 1 atom stereocenters. The highest BCUT2D eigenvalue weighted by Crippen LogP contribution is 2.28. The van der Waals surface area contributed by atoms with Gasteiger partial charge in [0.1, 0.15) is 0 Å². The molecule has 4 nitrogen and oxygen atoms in total. The molecular formula is C20H25N3O. The van der Waals surface area contributed by atoms with Crippen molar-refractivity contribution in [2.45, 2.75) is 31.7 Å². The lowest BCUT2D eigenvalue weighted by Crippen LogP contribution is -2.32. The smallest absolute Gasteiger partial charge is 0.319 e. The van der Waals surface area contributed by atoms with E-state index in [4.69, 9.17) is 0 Å². The number of fused-ring (bicyclic) bond motifs is 1. The van der Waals surface area contributed by atoms with Gasteiger partial charge in [0.2, 0.25) is 0 Å². The van der Waals surface area contributed by atoms with E-state index in [1.807, 2.05) is 43.3 Å². The van der Waals surface area contributed by atoms with Crippen LogP contribution in [0, 0.1) is 0 Å². The van der Waals surface area contributed by atoms with Crippen LogP contribution in [0.3, 0.4) is 0 Å². The first-order chi connectivity index (χ1) is 11.6. The summed E-state index contributed by atoms with van der Waals surface area (Å²) in [6.45, 7) is 0. The number of anilines is 2. The van der Waals surface area contributed by atoms with Crippen molar-refractivity contribution in [1.29, 1.82) is 0 Å². The van der Waals surface area contributed by atoms with Crippen LogP contribution >= 0.6 is 0 Å². The van der Waals surface area contributed by atoms with Crippen molar-refractivity contribution in [3.8, 4) is 0 Å². The molecule has 1 aliphatic carbocycles. The van der Waals surface area contributed by atoms with Crippen LogP contribution in [0.5, 0.6) is 0 Å². The average Bonchev–Trinajstić information content (AvgIpc) is 2.78. The third kappa shape index (κ3) is 3.88. The van der Waals surface area contributed by atoms with Crippen LogP contribution in [-0.4, -0.2) is 20.1 Å². The van der Waals surface area contributed by atoms with Gasteiger partial charge in [0, 0.05) is 25.5 Å². The summed E-state index contributed by atoms with van der Waals surface area (Å²) in [6.07, 6.45) is 4.41. The number of nitrogens with zero attached hydrogens (tertiary/aromatic N) is 1. The molecule has 2 aromatic rings. The number of rotatable bonds is 3. The van der Waals surface area contributed by atoms with Gasteiger partial charge in [0.15, 0.2) is 0 Å². The van der Waals surface area contributed by atoms with E-state index in [-0.39, 0.29) is 12.1 Å². The van der Waals surface area contributed by atoms with Crippen LogP contribution in [0.1, 0.15) is 36.4 Å². The van der Waals surface area contributed by atoms with Crippen LogP contribution < -0.4 is 15.5 Å². The normalized spacial score (nSPS) is 16.7. The maximum Gasteiger partial charge on any atom is 0.319 e. The van der Waals surface area contributed by atoms with E-state index in [0.717, 1.165) is 30.6 Å². The zero-order valence-electron chi connectivity index (χ0n) is 14.4. The van der Waals surface area contributed by atoms with E-state index in [2.05, 4.69) is 34.9 Å². The molecule has 0 fully saturated rings. The molecule has 0 heterocycles. The second-order valence-electron chi connectivity index (χ2n) is 6.54. The summed E-state index contributed by atoms with van der Waals surface area (Å²) >= 11 is 0. The van der Waals surface area contributed by atoms with Gasteiger partial charge >= 0.3 is 6.03 Å². The molecule has 0 bridgehead atoms. The van der Waals surface area contributed by atoms with Crippen molar-refractivity contribution in [2.75, 3.05) is 24.3 Å². The zero-order chi connectivity index (χ0) is 16.9. The highest BCUT2D eigenvalue weighted by Gasteiger charge is 2.20. The summed E-state index contributed by atoms with van der Waals surface area (Å²) in [5.74, 6) is 0. The van der Waals surface area contributed by atoms with Gasteiger partial charge in [0.25, 0.3) is 0 Å². The Bertz CT molecular complexity index is 694. The molecule has 1 aliphatic rings. The number of urea groups is 1. The van der Waals surface area contributed by atoms with Crippen molar-refractivity contribution < 1.29 is 4.79 Å². The lowest BCUT2D eigenvalue weighted by atomic mass is 9.99. The molecule has 0 aliphatic heterocycles. The number of nitrogens with one attached hydrogen (secondary N) is 2. The molecule has 4 heteroatoms. The highest BCUT2D eigenvalue weighted by atomic mass is 16.2. The van der Waals surface area contributed by atoms with E-state index in [9.17, 15) is 4.79 Å². The Labute approximate surface area is 143 Å². The van der Waals surface area contributed by atoms with E-state index in [1.54, 1.807) is 0 Å². The Kier molecular flexibility index (Phi) is 5.04. The Balaban J connectivity index is 1.66. The van der Waals surface area contributed by atoms with Crippen molar-refractivity contribution in [1.82, 2.24) is 5.32 Å². The molecule has 3 rings (SSSR count). The molecule has 2 aromatic carbocycles. The van der Waals surface area contributed by atoms with Gasteiger partial charge in [-0.3, -0.25) is 0 Å². The van der Waals surface area contributed by atoms with Crippen molar-refractivity contribution in [2.24, 2.45) is 0 Å². The highest BCUT2D eigenvalue weighted by molar-refractivity contribution is 5.89. The molecule has 24 heavy (non-hydrogen) atoms. The minimum absolute atomic E-state index is 0.0877. The van der Waals surface area contributed by atoms with Crippen molar-refractivity contribution >= 4 is 17.4 Å². The Morgan fingerprint density at radius 3 is 2.54 bits per heavy atom.